The summed E-state index contributed by atoms with van der Waals surface area (Å²) in [5.74, 6) is 0.399. The van der Waals surface area contributed by atoms with Crippen molar-refractivity contribution >= 4 is 11.8 Å². The second-order valence-electron chi connectivity index (χ2n) is 4.47. The number of carbonyl (C=O) groups excluding carboxylic acids is 2. The number of aromatic nitrogens is 2. The van der Waals surface area contributed by atoms with Gasteiger partial charge in [-0.3, -0.25) is 9.59 Å². The zero-order valence-electron chi connectivity index (χ0n) is 10.3. The molecule has 0 spiro atoms. The summed E-state index contributed by atoms with van der Waals surface area (Å²) in [7, 11) is 0. The maximum atomic E-state index is 11.9. The van der Waals surface area contributed by atoms with Gasteiger partial charge in [0.2, 0.25) is 17.7 Å². The molecule has 0 bridgehead atoms. The van der Waals surface area contributed by atoms with Crippen molar-refractivity contribution in [3.8, 4) is 0 Å². The number of nitrogens with zero attached hydrogens (tertiary/aromatic N) is 3. The lowest BCUT2D eigenvalue weighted by atomic mass is 9.96. The summed E-state index contributed by atoms with van der Waals surface area (Å²) in [5, 5.41) is 3.63. The molecule has 18 heavy (non-hydrogen) atoms. The Hall–Kier alpha value is -1.92. The van der Waals surface area contributed by atoms with E-state index in [2.05, 4.69) is 10.1 Å². The number of aryl methyl sites for hydroxylation is 1. The first-order valence-electron chi connectivity index (χ1n) is 5.92. The molecular weight excluding hydrogens is 236 g/mol. The smallest absolute Gasteiger partial charge is 0.236 e. The van der Waals surface area contributed by atoms with Crippen LogP contribution in [0.3, 0.4) is 0 Å². The largest absolute Gasteiger partial charge is 0.369 e. The quantitative estimate of drug-likeness (QED) is 0.791. The van der Waals surface area contributed by atoms with E-state index >= 15 is 0 Å². The Balaban J connectivity index is 1.86. The Morgan fingerprint density at radius 3 is 2.61 bits per heavy atom. The standard InChI is InChI=1S/C11H16N4O3/c1-7-13-9(18-14-7)6-10(16)15-4-2-8(3-5-15)11(12)17/h8H,2-6H2,1H3,(H2,12,17). The SMILES string of the molecule is Cc1noc(CC(=O)N2CCC(C(N)=O)CC2)n1. The van der Waals surface area contributed by atoms with Gasteiger partial charge in [-0.1, -0.05) is 5.16 Å². The lowest BCUT2D eigenvalue weighted by Crippen LogP contribution is -2.42. The molecule has 0 unspecified atom stereocenters. The van der Waals surface area contributed by atoms with Crippen molar-refractivity contribution in [2.75, 3.05) is 13.1 Å². The molecule has 7 heteroatoms. The number of piperidine rings is 1. The third kappa shape index (κ3) is 2.85. The molecule has 1 aliphatic rings. The number of amides is 2. The molecule has 98 valence electrons. The molecule has 0 radical (unpaired) electrons. The van der Waals surface area contributed by atoms with Crippen molar-refractivity contribution < 1.29 is 14.1 Å². The van der Waals surface area contributed by atoms with Gasteiger partial charge in [0.15, 0.2) is 5.82 Å². The van der Waals surface area contributed by atoms with Crippen LogP contribution in [0.4, 0.5) is 0 Å². The molecule has 0 atom stereocenters. The molecule has 1 aliphatic heterocycles. The number of hydrogen-bond acceptors (Lipinski definition) is 5. The fourth-order valence-corrected chi connectivity index (χ4v) is 2.07. The zero-order valence-corrected chi connectivity index (χ0v) is 10.3. The Morgan fingerprint density at radius 2 is 2.11 bits per heavy atom. The monoisotopic (exact) mass is 252 g/mol. The van der Waals surface area contributed by atoms with Crippen LogP contribution in [-0.2, 0) is 16.0 Å². The van der Waals surface area contributed by atoms with Crippen LogP contribution in [0, 0.1) is 12.8 Å². The van der Waals surface area contributed by atoms with Gasteiger partial charge in [0.05, 0.1) is 0 Å². The Kier molecular flexibility index (Phi) is 3.59. The van der Waals surface area contributed by atoms with Gasteiger partial charge in [0, 0.05) is 19.0 Å². The van der Waals surface area contributed by atoms with Gasteiger partial charge in [-0.25, -0.2) is 0 Å². The molecule has 7 nitrogen and oxygen atoms in total. The van der Waals surface area contributed by atoms with Crippen molar-refractivity contribution in [2.45, 2.75) is 26.2 Å². The second kappa shape index (κ2) is 5.16. The van der Waals surface area contributed by atoms with Crippen LogP contribution < -0.4 is 5.73 Å². The summed E-state index contributed by atoms with van der Waals surface area (Å²) in [4.78, 5) is 28.6. The maximum Gasteiger partial charge on any atom is 0.236 e. The molecule has 1 saturated heterocycles. The fourth-order valence-electron chi connectivity index (χ4n) is 2.07. The molecule has 2 amide bonds. The van der Waals surface area contributed by atoms with Crippen LogP contribution in [0.1, 0.15) is 24.6 Å². The van der Waals surface area contributed by atoms with Gasteiger partial charge < -0.3 is 15.2 Å². The maximum absolute atomic E-state index is 11.9. The van der Waals surface area contributed by atoms with Gasteiger partial charge >= 0.3 is 0 Å². The van der Waals surface area contributed by atoms with Gasteiger partial charge in [0.25, 0.3) is 0 Å². The number of hydrogen-bond donors (Lipinski definition) is 1. The van der Waals surface area contributed by atoms with E-state index in [1.54, 1.807) is 11.8 Å². The highest BCUT2D eigenvalue weighted by molar-refractivity contribution is 5.79. The predicted molar refractivity (Wildman–Crippen MR) is 61.2 cm³/mol. The van der Waals surface area contributed by atoms with Crippen molar-refractivity contribution in [3.63, 3.8) is 0 Å². The van der Waals surface area contributed by atoms with Crippen LogP contribution in [-0.4, -0.2) is 39.9 Å². The van der Waals surface area contributed by atoms with E-state index < -0.39 is 0 Å². The van der Waals surface area contributed by atoms with Crippen molar-refractivity contribution in [2.24, 2.45) is 11.7 Å². The summed E-state index contributed by atoms with van der Waals surface area (Å²) in [6.45, 7) is 2.81. The van der Waals surface area contributed by atoms with Gasteiger partial charge in [-0.15, -0.1) is 0 Å². The minimum Gasteiger partial charge on any atom is -0.369 e. The normalized spacial score (nSPS) is 16.8. The summed E-state index contributed by atoms with van der Waals surface area (Å²) in [5.41, 5.74) is 5.24. The van der Waals surface area contributed by atoms with E-state index in [-0.39, 0.29) is 24.2 Å². The third-order valence-corrected chi connectivity index (χ3v) is 3.12. The van der Waals surface area contributed by atoms with Crippen LogP contribution in [0.25, 0.3) is 0 Å². The molecule has 2 N–H and O–H groups in total. The summed E-state index contributed by atoms with van der Waals surface area (Å²) in [6.07, 6.45) is 1.37. The summed E-state index contributed by atoms with van der Waals surface area (Å²) >= 11 is 0. The minimum atomic E-state index is -0.283. The van der Waals surface area contributed by atoms with Gasteiger partial charge in [-0.2, -0.15) is 4.98 Å². The van der Waals surface area contributed by atoms with Crippen molar-refractivity contribution in [1.82, 2.24) is 15.0 Å². The molecule has 0 saturated carbocycles. The van der Waals surface area contributed by atoms with E-state index in [9.17, 15) is 9.59 Å². The zero-order chi connectivity index (χ0) is 13.1. The number of nitrogens with two attached hydrogens (primary N) is 1. The van der Waals surface area contributed by atoms with E-state index in [0.29, 0.717) is 37.6 Å². The van der Waals surface area contributed by atoms with E-state index in [1.807, 2.05) is 0 Å². The highest BCUT2D eigenvalue weighted by atomic mass is 16.5. The Bertz CT molecular complexity index is 449. The van der Waals surface area contributed by atoms with E-state index in [4.69, 9.17) is 10.3 Å². The topological polar surface area (TPSA) is 102 Å². The second-order valence-corrected chi connectivity index (χ2v) is 4.47. The molecule has 2 rings (SSSR count). The number of rotatable bonds is 3. The first-order valence-corrected chi connectivity index (χ1v) is 5.92. The fraction of sp³-hybridized carbons (Fsp3) is 0.636. The first kappa shape index (κ1) is 12.5. The molecule has 1 aromatic rings. The van der Waals surface area contributed by atoms with Crippen LogP contribution >= 0.6 is 0 Å². The molecular formula is C11H16N4O3. The van der Waals surface area contributed by atoms with Crippen LogP contribution in [0.2, 0.25) is 0 Å². The molecule has 2 heterocycles. The molecule has 1 aromatic heterocycles. The highest BCUT2D eigenvalue weighted by Crippen LogP contribution is 2.17. The molecule has 1 fully saturated rings. The van der Waals surface area contributed by atoms with E-state index in [0.717, 1.165) is 0 Å². The highest BCUT2D eigenvalue weighted by Gasteiger charge is 2.26. The third-order valence-electron chi connectivity index (χ3n) is 3.12. The lowest BCUT2D eigenvalue weighted by Gasteiger charge is -2.30. The average Bonchev–Trinajstić information content (AvgIpc) is 2.75. The van der Waals surface area contributed by atoms with Gasteiger partial charge in [0.1, 0.15) is 6.42 Å². The van der Waals surface area contributed by atoms with Gasteiger partial charge in [-0.05, 0) is 19.8 Å². The van der Waals surface area contributed by atoms with Crippen LogP contribution in [0.15, 0.2) is 4.52 Å². The average molecular weight is 252 g/mol. The summed E-state index contributed by atoms with van der Waals surface area (Å²) < 4.78 is 4.90. The minimum absolute atomic E-state index is 0.0541. The predicted octanol–water partition coefficient (Wildman–Crippen LogP) is -0.356. The molecule has 0 aromatic carbocycles. The Morgan fingerprint density at radius 1 is 1.44 bits per heavy atom. The van der Waals surface area contributed by atoms with E-state index in [1.165, 1.54) is 0 Å². The van der Waals surface area contributed by atoms with Crippen molar-refractivity contribution in [1.29, 1.82) is 0 Å². The number of primary amides is 1. The molecule has 0 aliphatic carbocycles. The summed E-state index contributed by atoms with van der Waals surface area (Å²) in [6, 6.07) is 0. The number of likely N-dealkylation sites (tertiary alicyclic amines) is 1. The van der Waals surface area contributed by atoms with Crippen LogP contribution in [0.5, 0.6) is 0 Å². The Labute approximate surface area is 104 Å². The lowest BCUT2D eigenvalue weighted by molar-refractivity contribution is -0.134. The number of carbonyl (C=O) groups is 2. The van der Waals surface area contributed by atoms with Crippen molar-refractivity contribution in [3.05, 3.63) is 11.7 Å². The first-order chi connectivity index (χ1) is 8.56.